The average Bonchev–Trinajstić information content (AvgIpc) is 3.33. The largest absolute Gasteiger partial charge is 0.493 e. The first-order chi connectivity index (χ1) is 16.2. The van der Waals surface area contributed by atoms with Crippen LogP contribution in [-0.2, 0) is 5.75 Å². The fourth-order valence-electron chi connectivity index (χ4n) is 4.37. The predicted molar refractivity (Wildman–Crippen MR) is 129 cm³/mol. The molecule has 0 spiro atoms. The van der Waals surface area contributed by atoms with Crippen molar-refractivity contribution in [1.29, 1.82) is 0 Å². The zero-order chi connectivity index (χ0) is 22.6. The first-order valence-electron chi connectivity index (χ1n) is 11.4. The second-order valence-corrected chi connectivity index (χ2v) is 9.05. The van der Waals surface area contributed by atoms with Crippen molar-refractivity contribution in [3.8, 4) is 17.1 Å². The highest BCUT2D eigenvalue weighted by molar-refractivity contribution is 7.98. The maximum Gasteiger partial charge on any atom is 0.262 e. The van der Waals surface area contributed by atoms with Gasteiger partial charge in [-0.05, 0) is 44.0 Å². The molecule has 1 aliphatic rings. The molecule has 0 unspecified atom stereocenters. The van der Waals surface area contributed by atoms with E-state index in [0.29, 0.717) is 40.1 Å². The SMILES string of the molecule is CCOc1ccccc1-c1noc(CSc2nc3ccccc3c(=O)n2C2CCCCC2)n1. The number of fused-ring (bicyclic) bond motifs is 1. The summed E-state index contributed by atoms with van der Waals surface area (Å²) < 4.78 is 13.1. The molecule has 1 saturated carbocycles. The first kappa shape index (κ1) is 21.7. The van der Waals surface area contributed by atoms with Crippen LogP contribution in [0.2, 0.25) is 0 Å². The smallest absolute Gasteiger partial charge is 0.262 e. The van der Waals surface area contributed by atoms with E-state index >= 15 is 0 Å². The Morgan fingerprint density at radius 1 is 1.06 bits per heavy atom. The van der Waals surface area contributed by atoms with Crippen LogP contribution in [0, 0.1) is 0 Å². The van der Waals surface area contributed by atoms with E-state index in [4.69, 9.17) is 14.2 Å². The van der Waals surface area contributed by atoms with Gasteiger partial charge in [0.05, 0.1) is 28.8 Å². The maximum absolute atomic E-state index is 13.4. The number of hydrogen-bond donors (Lipinski definition) is 0. The molecule has 8 heteroatoms. The molecule has 0 radical (unpaired) electrons. The molecule has 5 rings (SSSR count). The maximum atomic E-state index is 13.4. The van der Waals surface area contributed by atoms with Crippen molar-refractivity contribution < 1.29 is 9.26 Å². The van der Waals surface area contributed by atoms with Crippen molar-refractivity contribution in [2.75, 3.05) is 6.61 Å². The first-order valence-corrected chi connectivity index (χ1v) is 12.4. The van der Waals surface area contributed by atoms with Gasteiger partial charge in [-0.2, -0.15) is 4.98 Å². The molecule has 2 heterocycles. The van der Waals surface area contributed by atoms with Crippen LogP contribution in [0.4, 0.5) is 0 Å². The number of thioether (sulfide) groups is 1. The van der Waals surface area contributed by atoms with E-state index in [9.17, 15) is 4.79 Å². The topological polar surface area (TPSA) is 83.0 Å². The molecular formula is C25H26N4O3S. The third kappa shape index (κ3) is 4.53. The molecule has 0 amide bonds. The fourth-order valence-corrected chi connectivity index (χ4v) is 5.27. The molecule has 0 bridgehead atoms. The number of aromatic nitrogens is 4. The minimum absolute atomic E-state index is 0.0341. The zero-order valence-electron chi connectivity index (χ0n) is 18.6. The summed E-state index contributed by atoms with van der Waals surface area (Å²) in [5, 5.41) is 5.53. The summed E-state index contributed by atoms with van der Waals surface area (Å²) in [5.41, 5.74) is 1.54. The summed E-state index contributed by atoms with van der Waals surface area (Å²) in [5.74, 6) is 2.13. The van der Waals surface area contributed by atoms with Gasteiger partial charge in [-0.3, -0.25) is 9.36 Å². The van der Waals surface area contributed by atoms with E-state index in [1.165, 1.54) is 18.2 Å². The van der Waals surface area contributed by atoms with E-state index in [1.807, 2.05) is 60.0 Å². The van der Waals surface area contributed by atoms with Gasteiger partial charge in [-0.25, -0.2) is 4.98 Å². The predicted octanol–water partition coefficient (Wildman–Crippen LogP) is 5.64. The number of para-hydroxylation sites is 2. The van der Waals surface area contributed by atoms with Gasteiger partial charge >= 0.3 is 0 Å². The van der Waals surface area contributed by atoms with Crippen molar-refractivity contribution in [2.45, 2.75) is 56.0 Å². The highest BCUT2D eigenvalue weighted by atomic mass is 32.2. The van der Waals surface area contributed by atoms with Gasteiger partial charge in [0.1, 0.15) is 5.75 Å². The van der Waals surface area contributed by atoms with Crippen molar-refractivity contribution in [3.63, 3.8) is 0 Å². The van der Waals surface area contributed by atoms with E-state index < -0.39 is 0 Å². The highest BCUT2D eigenvalue weighted by Gasteiger charge is 2.22. The molecule has 1 aliphatic carbocycles. The molecule has 2 aromatic carbocycles. The number of hydrogen-bond acceptors (Lipinski definition) is 7. The van der Waals surface area contributed by atoms with E-state index in [-0.39, 0.29) is 11.6 Å². The van der Waals surface area contributed by atoms with Gasteiger partial charge < -0.3 is 9.26 Å². The Bertz CT molecular complexity index is 1310. The molecular weight excluding hydrogens is 436 g/mol. The Labute approximate surface area is 196 Å². The monoisotopic (exact) mass is 462 g/mol. The van der Waals surface area contributed by atoms with E-state index in [0.717, 1.165) is 37.0 Å². The molecule has 0 saturated heterocycles. The Morgan fingerprint density at radius 2 is 1.85 bits per heavy atom. The van der Waals surface area contributed by atoms with Crippen LogP contribution < -0.4 is 10.3 Å². The minimum atomic E-state index is 0.0341. The molecule has 4 aromatic rings. The van der Waals surface area contributed by atoms with Crippen LogP contribution in [0.15, 0.2) is 63.0 Å². The molecule has 1 fully saturated rings. The van der Waals surface area contributed by atoms with Crippen LogP contribution in [0.5, 0.6) is 5.75 Å². The third-order valence-corrected chi connectivity index (χ3v) is 6.87. The molecule has 0 N–H and O–H groups in total. The molecule has 2 aromatic heterocycles. The summed E-state index contributed by atoms with van der Waals surface area (Å²) in [6.07, 6.45) is 5.52. The van der Waals surface area contributed by atoms with Crippen molar-refractivity contribution in [3.05, 3.63) is 64.8 Å². The zero-order valence-corrected chi connectivity index (χ0v) is 19.4. The van der Waals surface area contributed by atoms with Gasteiger partial charge in [-0.1, -0.05) is 60.4 Å². The number of benzene rings is 2. The summed E-state index contributed by atoms with van der Waals surface area (Å²) in [4.78, 5) is 22.8. The van der Waals surface area contributed by atoms with E-state index in [1.54, 1.807) is 0 Å². The summed E-state index contributed by atoms with van der Waals surface area (Å²) in [6.45, 7) is 2.50. The molecule has 33 heavy (non-hydrogen) atoms. The number of rotatable bonds is 7. The lowest BCUT2D eigenvalue weighted by molar-refractivity contribution is 0.326. The van der Waals surface area contributed by atoms with Crippen molar-refractivity contribution in [1.82, 2.24) is 19.7 Å². The molecule has 0 atom stereocenters. The third-order valence-electron chi connectivity index (χ3n) is 5.94. The van der Waals surface area contributed by atoms with Crippen LogP contribution >= 0.6 is 11.8 Å². The van der Waals surface area contributed by atoms with Gasteiger partial charge in [0.25, 0.3) is 5.56 Å². The van der Waals surface area contributed by atoms with Crippen LogP contribution in [0.25, 0.3) is 22.3 Å². The Kier molecular flexibility index (Phi) is 6.44. The van der Waals surface area contributed by atoms with E-state index in [2.05, 4.69) is 10.1 Å². The number of nitrogens with zero attached hydrogens (tertiary/aromatic N) is 4. The highest BCUT2D eigenvalue weighted by Crippen LogP contribution is 2.33. The number of ether oxygens (including phenoxy) is 1. The second-order valence-electron chi connectivity index (χ2n) is 8.11. The molecule has 0 aliphatic heterocycles. The van der Waals surface area contributed by atoms with Crippen molar-refractivity contribution >= 4 is 22.7 Å². The van der Waals surface area contributed by atoms with Crippen molar-refractivity contribution in [2.24, 2.45) is 0 Å². The normalized spacial score (nSPS) is 14.6. The van der Waals surface area contributed by atoms with Gasteiger partial charge in [0.15, 0.2) is 5.16 Å². The lowest BCUT2D eigenvalue weighted by Crippen LogP contribution is -2.29. The van der Waals surface area contributed by atoms with Gasteiger partial charge in [-0.15, -0.1) is 0 Å². The quantitative estimate of drug-likeness (QED) is 0.259. The standard InChI is InChI=1S/C25H26N4O3S/c1-2-31-21-15-9-7-13-19(21)23-27-22(32-28-23)16-33-25-26-20-14-8-6-12-18(20)24(30)29(25)17-10-4-3-5-11-17/h6-9,12-15,17H,2-5,10-11,16H2,1H3. The summed E-state index contributed by atoms with van der Waals surface area (Å²) in [6, 6.07) is 15.4. The summed E-state index contributed by atoms with van der Waals surface area (Å²) >= 11 is 1.47. The minimum Gasteiger partial charge on any atom is -0.493 e. The lowest BCUT2D eigenvalue weighted by atomic mass is 9.95. The fraction of sp³-hybridized carbons (Fsp3) is 0.360. The Hall–Kier alpha value is -3.13. The Balaban J connectivity index is 1.44. The second kappa shape index (κ2) is 9.79. The molecule has 7 nitrogen and oxygen atoms in total. The van der Waals surface area contributed by atoms with Crippen LogP contribution in [-0.4, -0.2) is 26.3 Å². The lowest BCUT2D eigenvalue weighted by Gasteiger charge is -2.26. The van der Waals surface area contributed by atoms with Crippen LogP contribution in [0.3, 0.4) is 0 Å². The average molecular weight is 463 g/mol. The van der Waals surface area contributed by atoms with Gasteiger partial charge in [0.2, 0.25) is 11.7 Å². The molecule has 170 valence electrons. The van der Waals surface area contributed by atoms with Crippen LogP contribution in [0.1, 0.15) is 51.0 Å². The van der Waals surface area contributed by atoms with Gasteiger partial charge in [0, 0.05) is 6.04 Å². The Morgan fingerprint density at radius 3 is 2.70 bits per heavy atom. The summed E-state index contributed by atoms with van der Waals surface area (Å²) in [7, 11) is 0.